The second-order valence-electron chi connectivity index (χ2n) is 11.9. The van der Waals surface area contributed by atoms with Gasteiger partial charge in [-0.1, -0.05) is 27.7 Å². The van der Waals surface area contributed by atoms with Crippen LogP contribution in [-0.2, 0) is 42.9 Å². The number of carbonyl (C=O) groups excluding carboxylic acids is 4. The molecule has 2 aromatic carbocycles. The Morgan fingerprint density at radius 3 is 1.74 bits per heavy atom. The first-order chi connectivity index (χ1) is 23.8. The van der Waals surface area contributed by atoms with E-state index in [-0.39, 0.29) is 42.2 Å². The Kier molecular flexibility index (Phi) is 12.5. The SMILES string of the molecule is CCCC(=O)OC[C@H]1O[C@@H](c2c(O)cc3oc4cc(O)c(O)cc4c(=O)c3c2O)[C@H](OC(=O)CCC)[C@@H](OC(=O)CCC)[C@@H]1OC(=O)CCC. The minimum atomic E-state index is -1.71. The lowest BCUT2D eigenvalue weighted by molar-refractivity contribution is -0.256. The average molecular weight is 703 g/mol. The molecular formula is C35H42O15. The number of benzene rings is 2. The number of phenols is 4. The molecular weight excluding hydrogens is 660 g/mol. The number of hydrogen-bond donors (Lipinski definition) is 4. The molecule has 0 bridgehead atoms. The van der Waals surface area contributed by atoms with Crippen LogP contribution in [0.4, 0.5) is 0 Å². The van der Waals surface area contributed by atoms with Gasteiger partial charge >= 0.3 is 23.9 Å². The molecule has 272 valence electrons. The molecule has 4 N–H and O–H groups in total. The molecule has 0 amide bonds. The minimum absolute atomic E-state index is 0.0402. The molecule has 0 spiro atoms. The van der Waals surface area contributed by atoms with Crippen LogP contribution in [0.3, 0.4) is 0 Å². The molecule has 15 nitrogen and oxygen atoms in total. The quantitative estimate of drug-likeness (QED) is 0.0774. The first-order valence-corrected chi connectivity index (χ1v) is 16.6. The van der Waals surface area contributed by atoms with Gasteiger partial charge in [-0.15, -0.1) is 0 Å². The van der Waals surface area contributed by atoms with Gasteiger partial charge in [-0.25, -0.2) is 0 Å². The highest BCUT2D eigenvalue weighted by atomic mass is 16.7. The van der Waals surface area contributed by atoms with Crippen LogP contribution in [0.1, 0.15) is 90.7 Å². The molecule has 0 saturated carbocycles. The molecule has 15 heteroatoms. The summed E-state index contributed by atoms with van der Waals surface area (Å²) in [6.45, 7) is 6.40. The van der Waals surface area contributed by atoms with Crippen LogP contribution in [0.15, 0.2) is 27.4 Å². The summed E-state index contributed by atoms with van der Waals surface area (Å²) in [6.07, 6.45) is -6.47. The minimum Gasteiger partial charge on any atom is -0.507 e. The number of phenolic OH excluding ortho intramolecular Hbond substituents is 4. The molecule has 3 aromatic rings. The average Bonchev–Trinajstić information content (AvgIpc) is 3.04. The highest BCUT2D eigenvalue weighted by molar-refractivity contribution is 5.96. The van der Waals surface area contributed by atoms with Gasteiger partial charge in [0, 0.05) is 37.8 Å². The molecule has 1 aliphatic rings. The first kappa shape index (κ1) is 37.8. The summed E-state index contributed by atoms with van der Waals surface area (Å²) < 4.78 is 34.7. The number of carbonyl (C=O) groups is 4. The lowest BCUT2D eigenvalue weighted by Crippen LogP contribution is -2.59. The third-order valence-corrected chi connectivity index (χ3v) is 8.00. The first-order valence-electron chi connectivity index (χ1n) is 16.6. The second-order valence-corrected chi connectivity index (χ2v) is 11.9. The number of fused-ring (bicyclic) bond motifs is 2. The van der Waals surface area contributed by atoms with E-state index in [1.807, 2.05) is 0 Å². The lowest BCUT2D eigenvalue weighted by atomic mass is 9.88. The van der Waals surface area contributed by atoms with Crippen molar-refractivity contribution in [2.75, 3.05) is 6.61 Å². The van der Waals surface area contributed by atoms with Gasteiger partial charge in [0.15, 0.2) is 29.8 Å². The van der Waals surface area contributed by atoms with Crippen molar-refractivity contribution in [3.63, 3.8) is 0 Å². The predicted octanol–water partition coefficient (Wildman–Crippen LogP) is 4.69. The number of esters is 4. The van der Waals surface area contributed by atoms with Crippen molar-refractivity contribution in [1.29, 1.82) is 0 Å². The van der Waals surface area contributed by atoms with Crippen LogP contribution < -0.4 is 5.43 Å². The zero-order valence-corrected chi connectivity index (χ0v) is 28.3. The van der Waals surface area contributed by atoms with Crippen molar-refractivity contribution in [3.8, 4) is 23.0 Å². The van der Waals surface area contributed by atoms with E-state index in [1.54, 1.807) is 27.7 Å². The Labute approximate surface area is 286 Å². The van der Waals surface area contributed by atoms with Gasteiger partial charge in [0.25, 0.3) is 0 Å². The van der Waals surface area contributed by atoms with E-state index >= 15 is 0 Å². The highest BCUT2D eigenvalue weighted by Gasteiger charge is 2.54. The predicted molar refractivity (Wildman–Crippen MR) is 174 cm³/mol. The van der Waals surface area contributed by atoms with Crippen LogP contribution in [-0.4, -0.2) is 75.3 Å². The van der Waals surface area contributed by atoms with Crippen molar-refractivity contribution in [2.45, 2.75) is 110 Å². The van der Waals surface area contributed by atoms with Gasteiger partial charge in [0.05, 0.1) is 10.9 Å². The summed E-state index contributed by atoms with van der Waals surface area (Å²) in [5.41, 5.74) is -1.84. The van der Waals surface area contributed by atoms with Crippen LogP contribution in [0.5, 0.6) is 23.0 Å². The summed E-state index contributed by atoms with van der Waals surface area (Å²) in [5, 5.41) is 42.3. The van der Waals surface area contributed by atoms with E-state index in [2.05, 4.69) is 0 Å². The topological polar surface area (TPSA) is 226 Å². The third kappa shape index (κ3) is 8.21. The van der Waals surface area contributed by atoms with E-state index < -0.39 is 100 Å². The van der Waals surface area contributed by atoms with Crippen LogP contribution >= 0.6 is 0 Å². The molecule has 0 radical (unpaired) electrons. The fraction of sp³-hybridized carbons (Fsp3) is 0.514. The van der Waals surface area contributed by atoms with Gasteiger partial charge in [-0.2, -0.15) is 0 Å². The van der Waals surface area contributed by atoms with Crippen molar-refractivity contribution >= 4 is 45.8 Å². The lowest BCUT2D eigenvalue weighted by Gasteiger charge is -2.45. The van der Waals surface area contributed by atoms with Gasteiger partial charge < -0.3 is 48.5 Å². The highest BCUT2D eigenvalue weighted by Crippen LogP contribution is 2.47. The summed E-state index contributed by atoms with van der Waals surface area (Å²) in [5.74, 6) is -5.66. The van der Waals surface area contributed by atoms with Crippen molar-refractivity contribution < 1.29 is 67.7 Å². The third-order valence-electron chi connectivity index (χ3n) is 8.00. The number of ether oxygens (including phenoxy) is 5. The van der Waals surface area contributed by atoms with Gasteiger partial charge in [0.2, 0.25) is 5.43 Å². The number of hydrogen-bond acceptors (Lipinski definition) is 15. The molecule has 1 saturated heterocycles. The second kappa shape index (κ2) is 16.6. The van der Waals surface area contributed by atoms with Gasteiger partial charge in [-0.05, 0) is 31.7 Å². The van der Waals surface area contributed by atoms with E-state index in [9.17, 15) is 44.4 Å². The van der Waals surface area contributed by atoms with Crippen LogP contribution in [0, 0.1) is 0 Å². The largest absolute Gasteiger partial charge is 0.507 e. The number of rotatable bonds is 14. The van der Waals surface area contributed by atoms with E-state index in [4.69, 9.17) is 28.1 Å². The fourth-order valence-electron chi connectivity index (χ4n) is 5.68. The number of aromatic hydroxyl groups is 4. The van der Waals surface area contributed by atoms with Gasteiger partial charge in [-0.3, -0.25) is 24.0 Å². The summed E-state index contributed by atoms with van der Waals surface area (Å²) in [4.78, 5) is 65.1. The molecule has 1 aromatic heterocycles. The molecule has 0 unspecified atom stereocenters. The molecule has 4 rings (SSSR count). The summed E-state index contributed by atoms with van der Waals surface area (Å²) >= 11 is 0. The fourth-order valence-corrected chi connectivity index (χ4v) is 5.68. The molecule has 1 fully saturated rings. The standard InChI is InChI=1S/C35H42O15/c1-5-9-24(39)45-16-23-32(48-25(40)10-6-2)34(49-26(41)11-7-3)35(50-27(42)12-8-4)33(47-23)28-20(38)15-22-29(31(28)44)30(43)17-13-18(36)19(37)14-21(17)46-22/h13-15,23,32-38,44H,5-12,16H2,1-4H3/t23-,32-,33+,34+,35+/m1/s1. The van der Waals surface area contributed by atoms with Crippen molar-refractivity contribution in [2.24, 2.45) is 0 Å². The Morgan fingerprint density at radius 1 is 0.660 bits per heavy atom. The zero-order chi connectivity index (χ0) is 36.7. The van der Waals surface area contributed by atoms with Crippen molar-refractivity contribution in [3.05, 3.63) is 34.0 Å². The maximum absolute atomic E-state index is 13.7. The maximum atomic E-state index is 13.7. The maximum Gasteiger partial charge on any atom is 0.306 e. The Hall–Kier alpha value is -5.05. The van der Waals surface area contributed by atoms with Gasteiger partial charge in [0.1, 0.15) is 46.9 Å². The van der Waals surface area contributed by atoms with E-state index in [0.717, 1.165) is 18.2 Å². The van der Waals surface area contributed by atoms with E-state index in [0.29, 0.717) is 25.7 Å². The van der Waals surface area contributed by atoms with Crippen LogP contribution in [0.2, 0.25) is 0 Å². The smallest absolute Gasteiger partial charge is 0.306 e. The Bertz CT molecular complexity index is 1790. The Morgan fingerprint density at radius 2 is 1.16 bits per heavy atom. The zero-order valence-electron chi connectivity index (χ0n) is 28.3. The monoisotopic (exact) mass is 702 g/mol. The van der Waals surface area contributed by atoms with E-state index in [1.165, 1.54) is 0 Å². The summed E-state index contributed by atoms with van der Waals surface area (Å²) in [7, 11) is 0. The molecule has 0 aliphatic carbocycles. The van der Waals surface area contributed by atoms with Crippen LogP contribution in [0.25, 0.3) is 21.9 Å². The molecule has 2 heterocycles. The van der Waals surface area contributed by atoms with Crippen molar-refractivity contribution in [1.82, 2.24) is 0 Å². The summed E-state index contributed by atoms with van der Waals surface area (Å²) in [6, 6.07) is 2.92. The molecule has 50 heavy (non-hydrogen) atoms. The Balaban J connectivity index is 1.97. The molecule has 1 aliphatic heterocycles. The normalized spacial score (nSPS) is 20.4. The molecule has 5 atom stereocenters.